The van der Waals surface area contributed by atoms with Crippen LogP contribution in [-0.4, -0.2) is 0 Å². The highest BCUT2D eigenvalue weighted by Gasteiger charge is 2.14. The summed E-state index contributed by atoms with van der Waals surface area (Å²) >= 11 is 0. The molecule has 0 aliphatic rings. The molecule has 2 rings (SSSR count). The van der Waals surface area contributed by atoms with Crippen LogP contribution in [0.2, 0.25) is 0 Å². The lowest BCUT2D eigenvalue weighted by Crippen LogP contribution is -1.94. The highest BCUT2D eigenvalue weighted by atomic mass is 19.3. The van der Waals surface area contributed by atoms with Crippen LogP contribution >= 0.6 is 0 Å². The van der Waals surface area contributed by atoms with E-state index in [1.807, 2.05) is 0 Å². The highest BCUT2D eigenvalue weighted by molar-refractivity contribution is 5.39. The molecule has 0 spiro atoms. The van der Waals surface area contributed by atoms with Crippen LogP contribution in [0.1, 0.15) is 23.1 Å². The molecule has 5 heteroatoms. The zero-order valence-corrected chi connectivity index (χ0v) is 9.51. The van der Waals surface area contributed by atoms with Crippen LogP contribution in [0.15, 0.2) is 36.4 Å². The first-order chi connectivity index (χ1) is 8.95. The van der Waals surface area contributed by atoms with E-state index in [9.17, 15) is 22.0 Å². The smallest absolute Gasteiger partial charge is 0.207 e. The molecule has 0 saturated heterocycles. The standard InChI is InChI=1S/C14H8F5/c15-10-4-9(5-11(16)7-10)3-8-1-2-13(17)12(6-8)14(18)19/h1-7,14H. The molecule has 0 aliphatic heterocycles. The van der Waals surface area contributed by atoms with Gasteiger partial charge in [0.1, 0.15) is 17.5 Å². The van der Waals surface area contributed by atoms with Crippen LogP contribution in [0.5, 0.6) is 0 Å². The lowest BCUT2D eigenvalue weighted by molar-refractivity contribution is 0.146. The Bertz CT molecular complexity index is 572. The first kappa shape index (κ1) is 13.5. The van der Waals surface area contributed by atoms with E-state index in [0.29, 0.717) is 6.07 Å². The van der Waals surface area contributed by atoms with Crippen LogP contribution < -0.4 is 0 Å². The van der Waals surface area contributed by atoms with Gasteiger partial charge in [0, 0.05) is 12.5 Å². The third-order valence-electron chi connectivity index (χ3n) is 2.47. The molecule has 0 fully saturated rings. The zero-order valence-electron chi connectivity index (χ0n) is 9.51. The van der Waals surface area contributed by atoms with Gasteiger partial charge in [-0.2, -0.15) is 0 Å². The van der Waals surface area contributed by atoms with E-state index < -0.39 is 29.4 Å². The van der Waals surface area contributed by atoms with Gasteiger partial charge in [-0.25, -0.2) is 22.0 Å². The number of halogens is 5. The molecule has 19 heavy (non-hydrogen) atoms. The summed E-state index contributed by atoms with van der Waals surface area (Å²) in [6.07, 6.45) is -1.66. The Balaban J connectivity index is 2.30. The third kappa shape index (κ3) is 3.30. The quantitative estimate of drug-likeness (QED) is 0.713. The minimum absolute atomic E-state index is 0.171. The van der Waals surface area contributed by atoms with Crippen molar-refractivity contribution in [3.8, 4) is 0 Å². The van der Waals surface area contributed by atoms with Gasteiger partial charge in [0.2, 0.25) is 0 Å². The van der Waals surface area contributed by atoms with Crippen LogP contribution in [0.4, 0.5) is 22.0 Å². The van der Waals surface area contributed by atoms with Gasteiger partial charge in [0.25, 0.3) is 6.43 Å². The molecule has 2 aromatic rings. The predicted molar refractivity (Wildman–Crippen MR) is 60.2 cm³/mol. The summed E-state index contributed by atoms with van der Waals surface area (Å²) in [6, 6.07) is 5.89. The predicted octanol–water partition coefficient (Wildman–Crippen LogP) is 4.64. The Hall–Kier alpha value is -1.91. The molecule has 0 saturated carbocycles. The summed E-state index contributed by atoms with van der Waals surface area (Å²) in [5.41, 5.74) is -0.336. The van der Waals surface area contributed by atoms with Gasteiger partial charge in [0.15, 0.2) is 0 Å². The molecule has 0 nitrogen and oxygen atoms in total. The normalized spacial score (nSPS) is 11.1. The minimum Gasteiger partial charge on any atom is -0.207 e. The molecular weight excluding hydrogens is 263 g/mol. The van der Waals surface area contributed by atoms with E-state index in [0.717, 1.165) is 24.3 Å². The number of hydrogen-bond acceptors (Lipinski definition) is 0. The van der Waals surface area contributed by atoms with Crippen molar-refractivity contribution >= 4 is 0 Å². The monoisotopic (exact) mass is 271 g/mol. The van der Waals surface area contributed by atoms with Gasteiger partial charge in [-0.15, -0.1) is 0 Å². The summed E-state index contributed by atoms with van der Waals surface area (Å²) in [6.45, 7) is 0. The second-order valence-corrected chi connectivity index (χ2v) is 3.93. The van der Waals surface area contributed by atoms with Crippen molar-refractivity contribution in [3.63, 3.8) is 0 Å². The van der Waals surface area contributed by atoms with E-state index in [4.69, 9.17) is 0 Å². The molecule has 0 heterocycles. The molecule has 0 amide bonds. The topological polar surface area (TPSA) is 0 Å². The van der Waals surface area contributed by atoms with Crippen molar-refractivity contribution in [3.05, 3.63) is 77.0 Å². The summed E-state index contributed by atoms with van der Waals surface area (Å²) < 4.78 is 64.0. The Morgan fingerprint density at radius 3 is 2.00 bits per heavy atom. The van der Waals surface area contributed by atoms with Crippen molar-refractivity contribution in [1.29, 1.82) is 0 Å². The van der Waals surface area contributed by atoms with Gasteiger partial charge < -0.3 is 0 Å². The Morgan fingerprint density at radius 1 is 0.789 bits per heavy atom. The SMILES string of the molecule is Fc1cc(F)cc([CH]c2ccc(F)c(C(F)F)c2)c1. The van der Waals surface area contributed by atoms with Gasteiger partial charge in [-0.1, -0.05) is 6.07 Å². The number of rotatable bonds is 3. The molecule has 0 aromatic heterocycles. The summed E-state index contributed by atoms with van der Waals surface area (Å²) in [4.78, 5) is 0. The average molecular weight is 271 g/mol. The Morgan fingerprint density at radius 2 is 1.42 bits per heavy atom. The minimum atomic E-state index is -2.95. The van der Waals surface area contributed by atoms with E-state index in [-0.39, 0.29) is 11.1 Å². The lowest BCUT2D eigenvalue weighted by Gasteiger charge is -2.06. The maximum atomic E-state index is 13.1. The lowest BCUT2D eigenvalue weighted by atomic mass is 10.0. The van der Waals surface area contributed by atoms with Crippen molar-refractivity contribution in [1.82, 2.24) is 0 Å². The van der Waals surface area contributed by atoms with Crippen molar-refractivity contribution in [2.45, 2.75) is 6.43 Å². The first-order valence-corrected chi connectivity index (χ1v) is 5.34. The van der Waals surface area contributed by atoms with Crippen LogP contribution in [0.25, 0.3) is 0 Å². The van der Waals surface area contributed by atoms with Crippen molar-refractivity contribution < 1.29 is 22.0 Å². The van der Waals surface area contributed by atoms with Gasteiger partial charge in [0.05, 0.1) is 5.56 Å². The molecule has 99 valence electrons. The van der Waals surface area contributed by atoms with Gasteiger partial charge in [-0.3, -0.25) is 0 Å². The Kier molecular flexibility index (Phi) is 3.83. The molecule has 0 unspecified atom stereocenters. The fourth-order valence-electron chi connectivity index (χ4n) is 1.67. The van der Waals surface area contributed by atoms with E-state index in [1.165, 1.54) is 12.5 Å². The Labute approximate surface area is 106 Å². The maximum Gasteiger partial charge on any atom is 0.266 e. The molecule has 0 aliphatic carbocycles. The zero-order chi connectivity index (χ0) is 14.0. The van der Waals surface area contributed by atoms with Crippen LogP contribution in [0, 0.1) is 23.9 Å². The van der Waals surface area contributed by atoms with Crippen LogP contribution in [-0.2, 0) is 0 Å². The summed E-state index contributed by atoms with van der Waals surface area (Å²) in [5.74, 6) is -2.57. The second-order valence-electron chi connectivity index (χ2n) is 3.93. The third-order valence-corrected chi connectivity index (χ3v) is 2.47. The summed E-state index contributed by atoms with van der Waals surface area (Å²) in [5, 5.41) is 0. The highest BCUT2D eigenvalue weighted by Crippen LogP contribution is 2.25. The van der Waals surface area contributed by atoms with Crippen molar-refractivity contribution in [2.75, 3.05) is 0 Å². The van der Waals surface area contributed by atoms with Crippen LogP contribution in [0.3, 0.4) is 0 Å². The van der Waals surface area contributed by atoms with Gasteiger partial charge >= 0.3 is 0 Å². The molecule has 1 radical (unpaired) electrons. The molecule has 0 bridgehead atoms. The molecule has 0 atom stereocenters. The maximum absolute atomic E-state index is 13.1. The largest absolute Gasteiger partial charge is 0.266 e. The second kappa shape index (κ2) is 5.38. The first-order valence-electron chi connectivity index (χ1n) is 5.34. The molecule has 0 N–H and O–H groups in total. The fraction of sp³-hybridized carbons (Fsp3) is 0.0714. The van der Waals surface area contributed by atoms with E-state index in [2.05, 4.69) is 0 Å². The number of alkyl halides is 2. The number of benzene rings is 2. The van der Waals surface area contributed by atoms with Gasteiger partial charge in [-0.05, 0) is 35.4 Å². The molecule has 2 aromatic carbocycles. The molecular formula is C14H8F5. The fourth-order valence-corrected chi connectivity index (χ4v) is 1.67. The summed E-state index contributed by atoms with van der Waals surface area (Å²) in [7, 11) is 0. The average Bonchev–Trinajstić information content (AvgIpc) is 2.30. The number of hydrogen-bond donors (Lipinski definition) is 0. The van der Waals surface area contributed by atoms with E-state index >= 15 is 0 Å². The van der Waals surface area contributed by atoms with E-state index in [1.54, 1.807) is 0 Å². The van der Waals surface area contributed by atoms with Crippen molar-refractivity contribution in [2.24, 2.45) is 0 Å².